The average molecular weight is 552 g/mol. The van der Waals surface area contributed by atoms with E-state index in [9.17, 15) is 18.7 Å². The van der Waals surface area contributed by atoms with Gasteiger partial charge in [0, 0.05) is 24.8 Å². The molecule has 39 heavy (non-hydrogen) atoms. The maximum absolute atomic E-state index is 13.8. The van der Waals surface area contributed by atoms with E-state index in [0.717, 1.165) is 23.7 Å². The van der Waals surface area contributed by atoms with Crippen molar-refractivity contribution in [3.63, 3.8) is 0 Å². The van der Waals surface area contributed by atoms with Crippen LogP contribution in [-0.4, -0.2) is 50.2 Å². The first-order chi connectivity index (χ1) is 18.9. The molecule has 0 aliphatic rings. The SMILES string of the molecule is CCc1cccc(CNC[C@@H](O)[C@H](Cc2cc(F)cc(F)c2)NC(=O)CSc2nncn2-c2ccccc2)c1. The smallest absolute Gasteiger partial charge is 0.230 e. The Morgan fingerprint density at radius 2 is 1.74 bits per heavy atom. The zero-order chi connectivity index (χ0) is 27.6. The van der Waals surface area contributed by atoms with Crippen molar-refractivity contribution < 1.29 is 18.7 Å². The monoisotopic (exact) mass is 551 g/mol. The number of rotatable bonds is 13. The highest BCUT2D eigenvalue weighted by molar-refractivity contribution is 7.99. The molecule has 0 spiro atoms. The number of aromatic nitrogens is 3. The van der Waals surface area contributed by atoms with E-state index in [0.29, 0.717) is 17.3 Å². The van der Waals surface area contributed by atoms with Crippen LogP contribution in [0.3, 0.4) is 0 Å². The molecule has 2 atom stereocenters. The Kier molecular flexibility index (Phi) is 10.2. The minimum absolute atomic E-state index is 0.0174. The molecule has 1 amide bonds. The van der Waals surface area contributed by atoms with Gasteiger partial charge in [0.05, 0.1) is 17.9 Å². The maximum Gasteiger partial charge on any atom is 0.230 e. The minimum Gasteiger partial charge on any atom is -0.390 e. The normalized spacial score (nSPS) is 12.7. The molecule has 0 fully saturated rings. The fraction of sp³-hybridized carbons (Fsp3) is 0.276. The molecular formula is C29H31F2N5O2S. The van der Waals surface area contributed by atoms with Crippen molar-refractivity contribution in [1.29, 1.82) is 0 Å². The summed E-state index contributed by atoms with van der Waals surface area (Å²) in [6.07, 6.45) is 1.55. The summed E-state index contributed by atoms with van der Waals surface area (Å²) in [6.45, 7) is 2.79. The van der Waals surface area contributed by atoms with Crippen molar-refractivity contribution in [3.8, 4) is 5.69 Å². The number of para-hydroxylation sites is 1. The maximum atomic E-state index is 13.8. The second-order valence-corrected chi connectivity index (χ2v) is 10.1. The summed E-state index contributed by atoms with van der Waals surface area (Å²) >= 11 is 1.20. The minimum atomic E-state index is -1.01. The molecule has 10 heteroatoms. The van der Waals surface area contributed by atoms with Crippen molar-refractivity contribution in [2.45, 2.75) is 43.6 Å². The Bertz CT molecular complexity index is 1350. The van der Waals surface area contributed by atoms with Crippen LogP contribution in [0.4, 0.5) is 8.78 Å². The van der Waals surface area contributed by atoms with Crippen LogP contribution >= 0.6 is 11.8 Å². The zero-order valence-corrected chi connectivity index (χ0v) is 22.4. The van der Waals surface area contributed by atoms with Crippen LogP contribution in [0.15, 0.2) is 84.3 Å². The molecular weight excluding hydrogens is 520 g/mol. The van der Waals surface area contributed by atoms with E-state index in [2.05, 4.69) is 39.9 Å². The third-order valence-electron chi connectivity index (χ3n) is 6.15. The second kappa shape index (κ2) is 14.0. The average Bonchev–Trinajstić information content (AvgIpc) is 3.40. The Labute approximate surface area is 230 Å². The van der Waals surface area contributed by atoms with E-state index in [1.54, 1.807) is 10.9 Å². The lowest BCUT2D eigenvalue weighted by Crippen LogP contribution is -2.49. The topological polar surface area (TPSA) is 92.1 Å². The Hall–Kier alpha value is -3.60. The van der Waals surface area contributed by atoms with Crippen LogP contribution < -0.4 is 10.6 Å². The van der Waals surface area contributed by atoms with E-state index in [1.165, 1.54) is 29.5 Å². The standard InChI is InChI=1S/C29H31F2N5O2S/c1-2-20-7-6-8-21(11-20)16-32-17-27(37)26(14-22-12-23(30)15-24(31)13-22)34-28(38)18-39-29-35-33-19-36(29)25-9-4-3-5-10-25/h3-13,15,19,26-27,32,37H,2,14,16-18H2,1H3,(H,34,38)/t26-,27+/m0/s1. The molecule has 0 radical (unpaired) electrons. The van der Waals surface area contributed by atoms with Crippen LogP contribution in [-0.2, 0) is 24.2 Å². The molecule has 4 aromatic rings. The van der Waals surface area contributed by atoms with Crippen LogP contribution in [0.5, 0.6) is 0 Å². The van der Waals surface area contributed by atoms with Gasteiger partial charge in [-0.1, -0.05) is 61.2 Å². The van der Waals surface area contributed by atoms with Gasteiger partial charge in [-0.05, 0) is 53.8 Å². The number of halogens is 2. The van der Waals surface area contributed by atoms with Gasteiger partial charge in [-0.2, -0.15) is 0 Å². The highest BCUT2D eigenvalue weighted by Crippen LogP contribution is 2.19. The van der Waals surface area contributed by atoms with Gasteiger partial charge in [0.25, 0.3) is 0 Å². The van der Waals surface area contributed by atoms with Crippen LogP contribution in [0.2, 0.25) is 0 Å². The number of benzene rings is 3. The van der Waals surface area contributed by atoms with E-state index < -0.39 is 23.8 Å². The lowest BCUT2D eigenvalue weighted by molar-refractivity contribution is -0.120. The zero-order valence-electron chi connectivity index (χ0n) is 21.6. The van der Waals surface area contributed by atoms with Crippen molar-refractivity contribution in [1.82, 2.24) is 25.4 Å². The molecule has 4 rings (SSSR count). The molecule has 0 bridgehead atoms. The van der Waals surface area contributed by atoms with E-state index in [4.69, 9.17) is 0 Å². The Morgan fingerprint density at radius 1 is 1.00 bits per heavy atom. The number of thioether (sulfide) groups is 1. The van der Waals surface area contributed by atoms with Crippen LogP contribution in [0.1, 0.15) is 23.6 Å². The molecule has 7 nitrogen and oxygen atoms in total. The quantitative estimate of drug-likeness (QED) is 0.217. The number of amides is 1. The molecule has 0 aliphatic heterocycles. The summed E-state index contributed by atoms with van der Waals surface area (Å²) in [5, 5.41) is 25.6. The molecule has 0 unspecified atom stereocenters. The van der Waals surface area contributed by atoms with Crippen LogP contribution in [0.25, 0.3) is 5.69 Å². The van der Waals surface area contributed by atoms with E-state index >= 15 is 0 Å². The molecule has 0 aliphatic carbocycles. The van der Waals surface area contributed by atoms with Gasteiger partial charge >= 0.3 is 0 Å². The predicted molar refractivity (Wildman–Crippen MR) is 148 cm³/mol. The largest absolute Gasteiger partial charge is 0.390 e. The molecule has 1 aromatic heterocycles. The summed E-state index contributed by atoms with van der Waals surface area (Å²) in [7, 11) is 0. The van der Waals surface area contributed by atoms with E-state index in [1.807, 2.05) is 42.5 Å². The first-order valence-corrected chi connectivity index (χ1v) is 13.7. The summed E-state index contributed by atoms with van der Waals surface area (Å²) in [4.78, 5) is 12.9. The summed E-state index contributed by atoms with van der Waals surface area (Å²) in [5.41, 5.74) is 3.49. The second-order valence-electron chi connectivity index (χ2n) is 9.14. The fourth-order valence-corrected chi connectivity index (χ4v) is 4.94. The third-order valence-corrected chi connectivity index (χ3v) is 7.10. The summed E-state index contributed by atoms with van der Waals surface area (Å²) < 4.78 is 29.4. The summed E-state index contributed by atoms with van der Waals surface area (Å²) in [6, 6.07) is 20.1. The number of hydrogen-bond donors (Lipinski definition) is 3. The third kappa shape index (κ3) is 8.44. The van der Waals surface area contributed by atoms with E-state index in [-0.39, 0.29) is 24.6 Å². The lowest BCUT2D eigenvalue weighted by Gasteiger charge is -2.25. The lowest BCUT2D eigenvalue weighted by atomic mass is 10.0. The van der Waals surface area contributed by atoms with Gasteiger partial charge in [0.2, 0.25) is 5.91 Å². The van der Waals surface area contributed by atoms with Crippen LogP contribution in [0, 0.1) is 11.6 Å². The number of nitrogens with zero attached hydrogens (tertiary/aromatic N) is 3. The number of hydrogen-bond acceptors (Lipinski definition) is 6. The number of nitrogens with one attached hydrogen (secondary N) is 2. The summed E-state index contributed by atoms with van der Waals surface area (Å²) in [5.74, 6) is -1.76. The number of carbonyl (C=O) groups is 1. The molecule has 3 aromatic carbocycles. The number of aliphatic hydroxyl groups is 1. The van der Waals surface area contributed by atoms with Gasteiger partial charge in [0.15, 0.2) is 5.16 Å². The Morgan fingerprint density at radius 3 is 2.49 bits per heavy atom. The first kappa shape index (κ1) is 28.4. The molecule has 0 saturated carbocycles. The molecule has 0 saturated heterocycles. The highest BCUT2D eigenvalue weighted by Gasteiger charge is 2.23. The van der Waals surface area contributed by atoms with Gasteiger partial charge in [-0.3, -0.25) is 9.36 Å². The van der Waals surface area contributed by atoms with Crippen molar-refractivity contribution >= 4 is 17.7 Å². The van der Waals surface area contributed by atoms with Crippen molar-refractivity contribution in [2.75, 3.05) is 12.3 Å². The number of carbonyl (C=O) groups excluding carboxylic acids is 1. The molecule has 3 N–H and O–H groups in total. The van der Waals surface area contributed by atoms with Gasteiger partial charge in [-0.15, -0.1) is 10.2 Å². The Balaban J connectivity index is 1.39. The fourth-order valence-electron chi connectivity index (χ4n) is 4.20. The first-order valence-electron chi connectivity index (χ1n) is 12.7. The van der Waals surface area contributed by atoms with Gasteiger partial charge in [-0.25, -0.2) is 8.78 Å². The number of aliphatic hydroxyl groups excluding tert-OH is 1. The molecule has 204 valence electrons. The van der Waals surface area contributed by atoms with Gasteiger partial charge < -0.3 is 15.7 Å². The van der Waals surface area contributed by atoms with Gasteiger partial charge in [0.1, 0.15) is 18.0 Å². The predicted octanol–water partition coefficient (Wildman–Crippen LogP) is 4.08. The number of aryl methyl sites for hydroxylation is 1. The van der Waals surface area contributed by atoms with Crippen molar-refractivity contribution in [2.24, 2.45) is 0 Å². The highest BCUT2D eigenvalue weighted by atomic mass is 32.2. The molecule has 1 heterocycles. The van der Waals surface area contributed by atoms with Crippen molar-refractivity contribution in [3.05, 3.63) is 107 Å².